The molecule has 0 aliphatic heterocycles. The van der Waals surface area contributed by atoms with Crippen molar-refractivity contribution < 1.29 is 9.90 Å². The van der Waals surface area contributed by atoms with Gasteiger partial charge in [-0.15, -0.1) is 4.91 Å². The van der Waals surface area contributed by atoms with Crippen LogP contribution in [0.3, 0.4) is 0 Å². The highest BCUT2D eigenvalue weighted by atomic mass is 16.4. The molecule has 0 heterocycles. The third-order valence-corrected chi connectivity index (χ3v) is 5.47. The summed E-state index contributed by atoms with van der Waals surface area (Å²) in [6.45, 7) is 9.01. The van der Waals surface area contributed by atoms with Crippen molar-refractivity contribution in [2.45, 2.75) is 51.0 Å². The average molecular weight is 363 g/mol. The second-order valence-corrected chi connectivity index (χ2v) is 8.59. The first kappa shape index (κ1) is 19.0. The quantitative estimate of drug-likeness (QED) is 0.676. The molecule has 3 rings (SSSR count). The van der Waals surface area contributed by atoms with Gasteiger partial charge in [-0.1, -0.05) is 75.4 Å². The number of carboxylic acids is 1. The maximum absolute atomic E-state index is 11.5. The van der Waals surface area contributed by atoms with Crippen LogP contribution < -0.4 is 0 Å². The zero-order chi connectivity index (χ0) is 19.8. The number of nitrogens with zero attached hydrogens (tertiary/aromatic N) is 1. The molecule has 0 saturated carbocycles. The third-order valence-electron chi connectivity index (χ3n) is 5.47. The van der Waals surface area contributed by atoms with E-state index < -0.39 is 12.0 Å². The standard InChI is InChI=1S/C23H25NO3/c1-22(2)14-23(3,4)19-13-17(10-11-18(19)22)20(24-27)12-7-15-5-8-16(9-6-15)21(25)26/h5-13,20H,14H2,1-4H3,(H,25,26). The summed E-state index contributed by atoms with van der Waals surface area (Å²) in [7, 11) is 0. The molecule has 0 aromatic heterocycles. The van der Waals surface area contributed by atoms with Crippen LogP contribution in [-0.2, 0) is 10.8 Å². The minimum Gasteiger partial charge on any atom is -0.478 e. The smallest absolute Gasteiger partial charge is 0.335 e. The minimum absolute atomic E-state index is 0.0681. The van der Waals surface area contributed by atoms with Gasteiger partial charge >= 0.3 is 5.97 Å². The van der Waals surface area contributed by atoms with Crippen molar-refractivity contribution in [3.05, 3.63) is 81.3 Å². The first-order valence-electron chi connectivity index (χ1n) is 9.13. The number of fused-ring (bicyclic) bond motifs is 1. The Kier molecular flexibility index (Phi) is 4.77. The first-order chi connectivity index (χ1) is 12.6. The SMILES string of the molecule is CC1(C)CC(C)(C)c2cc(C(C=Cc3ccc(C(=O)O)cc3)N=O)ccc21. The van der Waals surface area contributed by atoms with Crippen LogP contribution in [0.1, 0.15) is 72.8 Å². The second-order valence-electron chi connectivity index (χ2n) is 8.59. The van der Waals surface area contributed by atoms with Crippen LogP contribution in [0.25, 0.3) is 6.08 Å². The highest BCUT2D eigenvalue weighted by molar-refractivity contribution is 5.87. The molecule has 27 heavy (non-hydrogen) atoms. The molecule has 0 radical (unpaired) electrons. The number of carbonyl (C=O) groups is 1. The van der Waals surface area contributed by atoms with Crippen molar-refractivity contribution in [2.24, 2.45) is 5.18 Å². The summed E-state index contributed by atoms with van der Waals surface area (Å²) in [5, 5.41) is 12.3. The maximum atomic E-state index is 11.5. The van der Waals surface area contributed by atoms with Crippen LogP contribution in [0, 0.1) is 4.91 Å². The fourth-order valence-electron chi connectivity index (χ4n) is 4.34. The molecular formula is C23H25NO3. The van der Waals surface area contributed by atoms with Gasteiger partial charge in [0.15, 0.2) is 0 Å². The number of rotatable bonds is 5. The molecule has 0 fully saturated rings. The first-order valence-corrected chi connectivity index (χ1v) is 9.13. The summed E-state index contributed by atoms with van der Waals surface area (Å²) in [6, 6.07) is 12.2. The van der Waals surface area contributed by atoms with Crippen LogP contribution >= 0.6 is 0 Å². The lowest BCUT2D eigenvalue weighted by molar-refractivity contribution is 0.0697. The van der Waals surface area contributed by atoms with E-state index in [1.807, 2.05) is 6.07 Å². The number of nitroso groups, excluding NO2 is 1. The molecule has 0 saturated heterocycles. The molecule has 1 unspecified atom stereocenters. The van der Waals surface area contributed by atoms with Crippen LogP contribution in [-0.4, -0.2) is 11.1 Å². The van der Waals surface area contributed by atoms with E-state index in [1.165, 1.54) is 11.1 Å². The van der Waals surface area contributed by atoms with Crippen LogP contribution in [0.4, 0.5) is 0 Å². The number of aromatic carboxylic acids is 1. The molecule has 4 nitrogen and oxygen atoms in total. The number of hydrogen-bond donors (Lipinski definition) is 1. The zero-order valence-electron chi connectivity index (χ0n) is 16.2. The molecule has 1 N–H and O–H groups in total. The van der Waals surface area contributed by atoms with E-state index in [2.05, 4.69) is 45.0 Å². The zero-order valence-corrected chi connectivity index (χ0v) is 16.2. The van der Waals surface area contributed by atoms with Gasteiger partial charge in [0.25, 0.3) is 0 Å². The van der Waals surface area contributed by atoms with Gasteiger partial charge in [0.2, 0.25) is 0 Å². The normalized spacial score (nSPS) is 18.2. The molecule has 4 heteroatoms. The lowest BCUT2D eigenvalue weighted by atomic mass is 9.82. The van der Waals surface area contributed by atoms with E-state index in [-0.39, 0.29) is 16.4 Å². The lowest BCUT2D eigenvalue weighted by Crippen LogP contribution is -2.18. The van der Waals surface area contributed by atoms with Crippen LogP contribution in [0.5, 0.6) is 0 Å². The molecule has 0 spiro atoms. The molecule has 0 amide bonds. The van der Waals surface area contributed by atoms with Crippen molar-refractivity contribution in [1.29, 1.82) is 0 Å². The Morgan fingerprint density at radius 1 is 1.04 bits per heavy atom. The largest absolute Gasteiger partial charge is 0.478 e. The Morgan fingerprint density at radius 2 is 1.67 bits per heavy atom. The Labute approximate surface area is 159 Å². The summed E-state index contributed by atoms with van der Waals surface area (Å²) < 4.78 is 0. The van der Waals surface area contributed by atoms with E-state index in [0.717, 1.165) is 17.5 Å². The van der Waals surface area contributed by atoms with E-state index in [4.69, 9.17) is 5.11 Å². The highest BCUT2D eigenvalue weighted by Gasteiger charge is 2.41. The van der Waals surface area contributed by atoms with E-state index in [1.54, 1.807) is 36.4 Å². The van der Waals surface area contributed by atoms with Gasteiger partial charge in [-0.25, -0.2) is 4.79 Å². The minimum atomic E-state index is -0.957. The monoisotopic (exact) mass is 363 g/mol. The molecule has 140 valence electrons. The molecular weight excluding hydrogens is 338 g/mol. The lowest BCUT2D eigenvalue weighted by Gasteiger charge is -2.22. The molecule has 2 aromatic rings. The van der Waals surface area contributed by atoms with Crippen molar-refractivity contribution in [3.63, 3.8) is 0 Å². The predicted molar refractivity (Wildman–Crippen MR) is 108 cm³/mol. The Bertz CT molecular complexity index is 908. The highest BCUT2D eigenvalue weighted by Crippen LogP contribution is 2.49. The summed E-state index contributed by atoms with van der Waals surface area (Å²) in [5.41, 5.74) is 4.78. The molecule has 1 aliphatic carbocycles. The van der Waals surface area contributed by atoms with Gasteiger partial charge in [0.1, 0.15) is 6.04 Å². The van der Waals surface area contributed by atoms with Gasteiger partial charge in [0.05, 0.1) is 5.56 Å². The topological polar surface area (TPSA) is 66.7 Å². The summed E-state index contributed by atoms with van der Waals surface area (Å²) in [4.78, 5) is 22.4. The van der Waals surface area contributed by atoms with Crippen molar-refractivity contribution in [2.75, 3.05) is 0 Å². The van der Waals surface area contributed by atoms with Gasteiger partial charge in [-0.3, -0.25) is 0 Å². The van der Waals surface area contributed by atoms with Crippen molar-refractivity contribution in [3.8, 4) is 0 Å². The summed E-state index contributed by atoms with van der Waals surface area (Å²) >= 11 is 0. The van der Waals surface area contributed by atoms with Gasteiger partial charge in [0, 0.05) is 0 Å². The van der Waals surface area contributed by atoms with Crippen molar-refractivity contribution >= 4 is 12.0 Å². The van der Waals surface area contributed by atoms with E-state index >= 15 is 0 Å². The molecule has 2 aromatic carbocycles. The summed E-state index contributed by atoms with van der Waals surface area (Å²) in [5.74, 6) is -0.957. The summed E-state index contributed by atoms with van der Waals surface area (Å²) in [6.07, 6.45) is 4.64. The average Bonchev–Trinajstić information content (AvgIpc) is 2.80. The van der Waals surface area contributed by atoms with Crippen LogP contribution in [0.2, 0.25) is 0 Å². The molecule has 1 atom stereocenters. The van der Waals surface area contributed by atoms with Gasteiger partial charge < -0.3 is 5.11 Å². The Hall–Kier alpha value is -2.75. The third kappa shape index (κ3) is 3.70. The maximum Gasteiger partial charge on any atom is 0.335 e. The Balaban J connectivity index is 1.88. The van der Waals surface area contributed by atoms with E-state index in [0.29, 0.717) is 0 Å². The Morgan fingerprint density at radius 3 is 2.26 bits per heavy atom. The van der Waals surface area contributed by atoms with Gasteiger partial charge in [-0.05, 0) is 51.6 Å². The molecule has 1 aliphatic rings. The number of carboxylic acid groups (broad SMARTS) is 1. The fraction of sp³-hybridized carbons (Fsp3) is 0.348. The number of hydrogen-bond acceptors (Lipinski definition) is 3. The fourth-order valence-corrected chi connectivity index (χ4v) is 4.34. The number of benzene rings is 2. The van der Waals surface area contributed by atoms with Crippen molar-refractivity contribution in [1.82, 2.24) is 0 Å². The van der Waals surface area contributed by atoms with Gasteiger partial charge in [-0.2, -0.15) is 0 Å². The van der Waals surface area contributed by atoms with Crippen LogP contribution in [0.15, 0.2) is 53.7 Å². The molecule has 0 bridgehead atoms. The predicted octanol–water partition coefficient (Wildman–Crippen LogP) is 5.86. The second kappa shape index (κ2) is 6.76. The van der Waals surface area contributed by atoms with E-state index in [9.17, 15) is 9.70 Å².